The van der Waals surface area contributed by atoms with Crippen LogP contribution in [0.2, 0.25) is 0 Å². The first kappa shape index (κ1) is 14.8. The molecule has 0 saturated carbocycles. The Bertz CT molecular complexity index is 741. The zero-order valence-electron chi connectivity index (χ0n) is 13.4. The smallest absolute Gasteiger partial charge is 0.303 e. The maximum absolute atomic E-state index is 11.3. The summed E-state index contributed by atoms with van der Waals surface area (Å²) in [6.07, 6.45) is 6.12. The van der Waals surface area contributed by atoms with E-state index in [9.17, 15) is 4.79 Å². The molecular formula is C20H22O2. The van der Waals surface area contributed by atoms with Gasteiger partial charge in [-0.2, -0.15) is 0 Å². The van der Waals surface area contributed by atoms with Gasteiger partial charge in [0.15, 0.2) is 0 Å². The molecule has 0 amide bonds. The van der Waals surface area contributed by atoms with E-state index >= 15 is 0 Å². The number of rotatable bonds is 4. The van der Waals surface area contributed by atoms with Gasteiger partial charge in [-0.3, -0.25) is 4.79 Å². The van der Waals surface area contributed by atoms with Crippen molar-refractivity contribution in [3.05, 3.63) is 53.1 Å². The zero-order valence-corrected chi connectivity index (χ0v) is 13.4. The monoisotopic (exact) mass is 294 g/mol. The Morgan fingerprint density at radius 2 is 2.05 bits per heavy atom. The first-order valence-corrected chi connectivity index (χ1v) is 7.96. The first-order chi connectivity index (χ1) is 10.6. The van der Waals surface area contributed by atoms with Crippen LogP contribution in [0.4, 0.5) is 0 Å². The molecule has 0 fully saturated rings. The molecule has 2 aromatic carbocycles. The van der Waals surface area contributed by atoms with E-state index in [1.165, 1.54) is 35.2 Å². The van der Waals surface area contributed by atoms with Crippen molar-refractivity contribution in [3.63, 3.8) is 0 Å². The van der Waals surface area contributed by atoms with Crippen molar-refractivity contribution >= 4 is 22.8 Å². The zero-order chi connectivity index (χ0) is 15.7. The highest BCUT2D eigenvalue weighted by molar-refractivity contribution is 5.96. The number of carbonyl (C=O) groups excluding carboxylic acids is 1. The molecule has 1 aliphatic carbocycles. The Morgan fingerprint density at radius 3 is 2.77 bits per heavy atom. The summed E-state index contributed by atoms with van der Waals surface area (Å²) in [6, 6.07) is 10.6. The summed E-state index contributed by atoms with van der Waals surface area (Å²) < 4.78 is 5.45. The Hall–Kier alpha value is -2.09. The predicted molar refractivity (Wildman–Crippen MR) is 90.6 cm³/mol. The number of carbonyl (C=O) groups is 1. The highest BCUT2D eigenvalue weighted by atomic mass is 16.5. The lowest BCUT2D eigenvalue weighted by Crippen LogP contribution is -2.10. The van der Waals surface area contributed by atoms with Crippen LogP contribution in [-0.4, -0.2) is 5.97 Å². The molecule has 3 rings (SSSR count). The van der Waals surface area contributed by atoms with Gasteiger partial charge >= 0.3 is 5.97 Å². The summed E-state index contributed by atoms with van der Waals surface area (Å²) in [5.41, 5.74) is 3.76. The topological polar surface area (TPSA) is 26.3 Å². The lowest BCUT2D eigenvalue weighted by molar-refractivity contribution is -0.144. The number of hydrogen-bond acceptors (Lipinski definition) is 2. The molecule has 1 unspecified atom stereocenters. The molecule has 0 aromatic heterocycles. The van der Waals surface area contributed by atoms with E-state index in [0.29, 0.717) is 5.92 Å². The van der Waals surface area contributed by atoms with Crippen molar-refractivity contribution in [1.29, 1.82) is 0 Å². The molecule has 0 N–H and O–H groups in total. The van der Waals surface area contributed by atoms with Gasteiger partial charge in [0, 0.05) is 12.5 Å². The van der Waals surface area contributed by atoms with Crippen LogP contribution in [0, 0.1) is 5.92 Å². The summed E-state index contributed by atoms with van der Waals surface area (Å²) >= 11 is 0. The fourth-order valence-electron chi connectivity index (χ4n) is 3.14. The molecule has 0 aliphatic heterocycles. The fraction of sp³-hybridized carbons (Fsp3) is 0.350. The van der Waals surface area contributed by atoms with Gasteiger partial charge in [-0.05, 0) is 46.7 Å². The summed E-state index contributed by atoms with van der Waals surface area (Å²) in [6.45, 7) is 5.97. The summed E-state index contributed by atoms with van der Waals surface area (Å²) in [5, 5.41) is 2.44. The van der Waals surface area contributed by atoms with Gasteiger partial charge in [-0.1, -0.05) is 50.3 Å². The van der Waals surface area contributed by atoms with Crippen LogP contribution in [0.5, 0.6) is 0 Å². The molecule has 2 aromatic rings. The van der Waals surface area contributed by atoms with Gasteiger partial charge in [-0.15, -0.1) is 0 Å². The molecule has 0 heterocycles. The third-order valence-electron chi connectivity index (χ3n) is 4.24. The molecule has 0 bridgehead atoms. The SMILES string of the molecule is CC(=O)OC1C=Cc2c(CCC(C)C)ccc3cccc1c23. The quantitative estimate of drug-likeness (QED) is 0.737. The highest BCUT2D eigenvalue weighted by Gasteiger charge is 2.21. The van der Waals surface area contributed by atoms with Gasteiger partial charge in [0.1, 0.15) is 6.10 Å². The van der Waals surface area contributed by atoms with Gasteiger partial charge in [0.05, 0.1) is 0 Å². The maximum Gasteiger partial charge on any atom is 0.303 e. The minimum absolute atomic E-state index is 0.244. The van der Waals surface area contributed by atoms with E-state index in [-0.39, 0.29) is 12.1 Å². The van der Waals surface area contributed by atoms with Gasteiger partial charge < -0.3 is 4.74 Å². The Kier molecular flexibility index (Phi) is 4.02. The van der Waals surface area contributed by atoms with Crippen molar-refractivity contribution in [2.75, 3.05) is 0 Å². The van der Waals surface area contributed by atoms with E-state index < -0.39 is 0 Å². The Morgan fingerprint density at radius 1 is 1.23 bits per heavy atom. The van der Waals surface area contributed by atoms with Crippen molar-refractivity contribution in [3.8, 4) is 0 Å². The molecule has 0 spiro atoms. The normalized spacial score (nSPS) is 16.3. The summed E-state index contributed by atoms with van der Waals surface area (Å²) in [5.74, 6) is 0.450. The lowest BCUT2D eigenvalue weighted by Gasteiger charge is -2.23. The minimum atomic E-state index is -0.269. The van der Waals surface area contributed by atoms with Crippen LogP contribution in [0.15, 0.2) is 36.4 Å². The molecule has 1 atom stereocenters. The van der Waals surface area contributed by atoms with Gasteiger partial charge in [0.2, 0.25) is 0 Å². The molecule has 2 nitrogen and oxygen atoms in total. The molecule has 22 heavy (non-hydrogen) atoms. The van der Waals surface area contributed by atoms with E-state index in [1.54, 1.807) is 0 Å². The van der Waals surface area contributed by atoms with E-state index in [0.717, 1.165) is 12.0 Å². The molecule has 114 valence electrons. The molecular weight excluding hydrogens is 272 g/mol. The second kappa shape index (κ2) is 5.96. The Labute approximate surface area is 131 Å². The number of ether oxygens (including phenoxy) is 1. The summed E-state index contributed by atoms with van der Waals surface area (Å²) in [7, 11) is 0. The predicted octanol–water partition coefficient (Wildman–Crippen LogP) is 5.06. The average Bonchev–Trinajstić information content (AvgIpc) is 2.48. The largest absolute Gasteiger partial charge is 0.453 e. The summed E-state index contributed by atoms with van der Waals surface area (Å²) in [4.78, 5) is 11.3. The van der Waals surface area contributed by atoms with Gasteiger partial charge in [0.25, 0.3) is 0 Å². The minimum Gasteiger partial charge on any atom is -0.453 e. The third-order valence-corrected chi connectivity index (χ3v) is 4.24. The van der Waals surface area contributed by atoms with Crippen molar-refractivity contribution < 1.29 is 9.53 Å². The third kappa shape index (κ3) is 2.78. The van der Waals surface area contributed by atoms with E-state index in [1.807, 2.05) is 12.1 Å². The number of aryl methyl sites for hydroxylation is 1. The second-order valence-electron chi connectivity index (χ2n) is 6.41. The lowest BCUT2D eigenvalue weighted by atomic mass is 9.86. The molecule has 0 radical (unpaired) electrons. The van der Waals surface area contributed by atoms with Crippen LogP contribution in [0.25, 0.3) is 16.8 Å². The maximum atomic E-state index is 11.3. The van der Waals surface area contributed by atoms with Crippen LogP contribution < -0.4 is 0 Å². The molecule has 1 aliphatic rings. The molecule has 0 saturated heterocycles. The number of hydrogen-bond donors (Lipinski definition) is 0. The first-order valence-electron chi connectivity index (χ1n) is 7.96. The van der Waals surface area contributed by atoms with Crippen LogP contribution >= 0.6 is 0 Å². The van der Waals surface area contributed by atoms with Crippen LogP contribution in [-0.2, 0) is 16.0 Å². The standard InChI is InChI=1S/C20H22O2/c1-13(2)7-8-15-9-10-16-5-4-6-18-19(22-14(3)21)12-11-17(15)20(16)18/h4-6,9-13,19H,7-8H2,1-3H3. The Balaban J connectivity index is 2.09. The van der Waals surface area contributed by atoms with Crippen LogP contribution in [0.1, 0.15) is 50.0 Å². The highest BCUT2D eigenvalue weighted by Crippen LogP contribution is 2.37. The van der Waals surface area contributed by atoms with Crippen LogP contribution in [0.3, 0.4) is 0 Å². The van der Waals surface area contributed by atoms with Crippen molar-refractivity contribution in [2.24, 2.45) is 5.92 Å². The second-order valence-corrected chi connectivity index (χ2v) is 6.41. The fourth-order valence-corrected chi connectivity index (χ4v) is 3.14. The van der Waals surface area contributed by atoms with E-state index in [4.69, 9.17) is 4.74 Å². The number of esters is 1. The van der Waals surface area contributed by atoms with Crippen molar-refractivity contribution in [1.82, 2.24) is 0 Å². The van der Waals surface area contributed by atoms with Gasteiger partial charge in [-0.25, -0.2) is 0 Å². The van der Waals surface area contributed by atoms with E-state index in [2.05, 4.69) is 44.2 Å². The average molecular weight is 294 g/mol. The van der Waals surface area contributed by atoms with Crippen molar-refractivity contribution in [2.45, 2.75) is 39.7 Å². The number of benzene rings is 2. The molecule has 2 heteroatoms.